The number of aliphatic carboxylic acids is 1. The average Bonchev–Trinajstić information content (AvgIpc) is 1.81. The van der Waals surface area contributed by atoms with Crippen molar-refractivity contribution < 1.29 is 137 Å². The normalized spacial score (nSPS) is 14.5. The van der Waals surface area contributed by atoms with Gasteiger partial charge in [0.1, 0.15) is 25.6 Å². The third-order valence-electron chi connectivity index (χ3n) is 13.0. The van der Waals surface area contributed by atoms with Crippen LogP contribution in [-0.2, 0) is 105 Å². The molecule has 1 aliphatic heterocycles. The van der Waals surface area contributed by atoms with Gasteiger partial charge in [0.15, 0.2) is 25.2 Å². The van der Waals surface area contributed by atoms with Gasteiger partial charge in [-0.25, -0.2) is 0 Å². The second kappa shape index (κ2) is 63.1. The molecular formula is C63H114N4O28. The van der Waals surface area contributed by atoms with Gasteiger partial charge in [-0.2, -0.15) is 0 Å². The molecule has 1 rings (SSSR count). The summed E-state index contributed by atoms with van der Waals surface area (Å²) < 4.78 is 75.2. The van der Waals surface area contributed by atoms with Crippen LogP contribution in [0.25, 0.3) is 0 Å². The van der Waals surface area contributed by atoms with Crippen LogP contribution >= 0.6 is 0 Å². The Kier molecular flexibility index (Phi) is 60.7. The Morgan fingerprint density at radius 3 is 1.26 bits per heavy atom. The van der Waals surface area contributed by atoms with Gasteiger partial charge in [0, 0.05) is 125 Å². The minimum absolute atomic E-state index is 0.00954. The molecule has 0 bridgehead atoms. The summed E-state index contributed by atoms with van der Waals surface area (Å²) in [6.45, 7) is 15.6. The van der Waals surface area contributed by atoms with Crippen molar-refractivity contribution in [3.8, 4) is 0 Å². The van der Waals surface area contributed by atoms with Gasteiger partial charge in [-0.3, -0.25) is 48.1 Å². The zero-order valence-corrected chi connectivity index (χ0v) is 57.5. The van der Waals surface area contributed by atoms with E-state index in [1.807, 2.05) is 27.7 Å². The fourth-order valence-corrected chi connectivity index (χ4v) is 7.07. The summed E-state index contributed by atoms with van der Waals surface area (Å²) in [5.74, 6) is -4.16. The van der Waals surface area contributed by atoms with E-state index in [4.69, 9.17) is 88.5 Å². The van der Waals surface area contributed by atoms with Crippen LogP contribution in [0, 0.1) is 5.89 Å². The number of aliphatic hydroxyl groups is 5. The molecule has 0 fully saturated rings. The molecule has 1 heterocycles. The topological polar surface area (TPSA) is 434 Å². The number of amides is 5. The second-order valence-electron chi connectivity index (χ2n) is 20.8. The highest BCUT2D eigenvalue weighted by Gasteiger charge is 2.24. The Morgan fingerprint density at radius 2 is 0.863 bits per heavy atom. The van der Waals surface area contributed by atoms with Gasteiger partial charge in [0.05, 0.1) is 89.6 Å². The molecule has 8 atom stereocenters. The molecule has 0 aromatic heterocycles. The Hall–Kier alpha value is -5.69. The quantitative estimate of drug-likeness (QED) is 0.0137. The Labute approximate surface area is 561 Å². The Bertz CT molecular complexity index is 2090. The van der Waals surface area contributed by atoms with E-state index in [0.29, 0.717) is 57.1 Å². The molecule has 9 N–H and O–H groups in total. The van der Waals surface area contributed by atoms with E-state index < -0.39 is 66.9 Å². The largest absolute Gasteiger partial charge is 0.493 e. The minimum Gasteiger partial charge on any atom is -0.493 e. The molecular weight excluding hydrogens is 1260 g/mol. The predicted molar refractivity (Wildman–Crippen MR) is 341 cm³/mol. The monoisotopic (exact) mass is 1380 g/mol. The third kappa shape index (κ3) is 54.1. The van der Waals surface area contributed by atoms with Crippen LogP contribution in [0.3, 0.4) is 0 Å². The third-order valence-corrected chi connectivity index (χ3v) is 13.0. The highest BCUT2D eigenvalue weighted by atomic mass is 16.7. The number of carboxylic acid groups (broad SMARTS) is 1. The highest BCUT2D eigenvalue weighted by Crippen LogP contribution is 2.13. The van der Waals surface area contributed by atoms with Gasteiger partial charge >= 0.3 is 17.9 Å². The van der Waals surface area contributed by atoms with Crippen LogP contribution in [0.5, 0.6) is 0 Å². The lowest BCUT2D eigenvalue weighted by Crippen LogP contribution is -2.35. The number of rotatable bonds is 56. The molecule has 5 amide bonds. The van der Waals surface area contributed by atoms with Crippen LogP contribution in [-0.4, -0.2) is 272 Å². The van der Waals surface area contributed by atoms with Crippen molar-refractivity contribution in [3.05, 3.63) is 24.5 Å². The number of allylic oxidation sites excluding steroid dienone is 1. The fraction of sp³-hybridized carbons (Fsp3) is 0.794. The van der Waals surface area contributed by atoms with Crippen molar-refractivity contribution in [3.63, 3.8) is 0 Å². The first-order valence-corrected chi connectivity index (χ1v) is 31.9. The first kappa shape index (κ1) is 91.4. The number of carbonyl (C=O) groups excluding carboxylic acids is 8. The van der Waals surface area contributed by atoms with Gasteiger partial charge in [0.25, 0.3) is 11.8 Å². The summed E-state index contributed by atoms with van der Waals surface area (Å²) in [6, 6.07) is 0. The Morgan fingerprint density at radius 1 is 0.484 bits per heavy atom. The molecule has 0 aromatic carbocycles. The van der Waals surface area contributed by atoms with Gasteiger partial charge in [-0.15, -0.1) is 0 Å². The second-order valence-corrected chi connectivity index (χ2v) is 20.8. The molecule has 0 aromatic rings. The highest BCUT2D eigenvalue weighted by molar-refractivity contribution is 6.13. The summed E-state index contributed by atoms with van der Waals surface area (Å²) >= 11 is 0. The number of ether oxygens (including phenoxy) is 13. The van der Waals surface area contributed by atoms with Crippen molar-refractivity contribution in [2.45, 2.75) is 187 Å². The summed E-state index contributed by atoms with van der Waals surface area (Å²) in [6.07, 6.45) is 3.23. The van der Waals surface area contributed by atoms with E-state index in [1.54, 1.807) is 13.8 Å². The molecule has 8 unspecified atom stereocenters. The maximum absolute atomic E-state index is 11.9. The number of ketones is 1. The van der Waals surface area contributed by atoms with Crippen molar-refractivity contribution in [1.82, 2.24) is 20.9 Å². The van der Waals surface area contributed by atoms with Crippen LogP contribution in [0.15, 0.2) is 24.5 Å². The van der Waals surface area contributed by atoms with E-state index in [2.05, 4.69) is 22.5 Å². The first-order chi connectivity index (χ1) is 45.7. The van der Waals surface area contributed by atoms with E-state index in [1.165, 1.54) is 40.6 Å². The van der Waals surface area contributed by atoms with E-state index in [9.17, 15) is 48.3 Å². The predicted octanol–water partition coefficient (Wildman–Crippen LogP) is 1.50. The van der Waals surface area contributed by atoms with Gasteiger partial charge < -0.3 is 108 Å². The SMILES string of the molecule is CCC(CO)OC(CO)OC.CCC(CO)OC(COC(=O)CCCC(=O)NCCNC(=O)CCOCCOCCNC(=O)CCN1C(=O)C=CC1=O)OC.CCC(CO)OC(COC(=O)CCCC(=O)O)OC.[2H]C(C)(C)C(=O)CCCC(=C)OCC(OC)OC(CC)CO. The minimum atomic E-state index is -1.05. The number of imide groups is 1. The van der Waals surface area contributed by atoms with Crippen molar-refractivity contribution >= 4 is 53.2 Å². The van der Waals surface area contributed by atoms with Gasteiger partial charge in [-0.1, -0.05) is 48.1 Å². The van der Waals surface area contributed by atoms with E-state index in [-0.39, 0.29) is 192 Å². The Balaban J connectivity index is -0.00000138. The smallest absolute Gasteiger partial charge is 0.305 e. The van der Waals surface area contributed by atoms with Gasteiger partial charge in [0.2, 0.25) is 17.7 Å². The molecule has 32 heteroatoms. The summed E-state index contributed by atoms with van der Waals surface area (Å²) in [5.41, 5.74) is 0. The lowest BCUT2D eigenvalue weighted by molar-refractivity contribution is -0.194. The number of nitrogens with zero attached hydrogens (tertiary/aromatic N) is 1. The number of Topliss-reactive ketones (excluding diaryl/α,β-unsaturated/α-hetero) is 1. The number of carbonyl (C=O) groups is 9. The maximum atomic E-state index is 11.9. The summed E-state index contributed by atoms with van der Waals surface area (Å²) in [4.78, 5) is 104. The zero-order chi connectivity index (χ0) is 73.1. The maximum Gasteiger partial charge on any atom is 0.305 e. The number of esters is 2. The van der Waals surface area contributed by atoms with Crippen molar-refractivity contribution in [2.24, 2.45) is 5.89 Å². The number of hydrogen-bond acceptors (Lipinski definition) is 27. The van der Waals surface area contributed by atoms with Gasteiger partial charge in [-0.05, 0) is 44.9 Å². The molecule has 95 heavy (non-hydrogen) atoms. The lowest BCUT2D eigenvalue weighted by Gasteiger charge is -2.22. The number of carboxylic acids is 1. The molecule has 32 nitrogen and oxygen atoms in total. The zero-order valence-electron chi connectivity index (χ0n) is 58.5. The molecule has 1 aliphatic rings. The van der Waals surface area contributed by atoms with Crippen molar-refractivity contribution in [2.75, 3.05) is 134 Å². The van der Waals surface area contributed by atoms with Crippen LogP contribution < -0.4 is 16.0 Å². The fourth-order valence-electron chi connectivity index (χ4n) is 7.07. The van der Waals surface area contributed by atoms with E-state index >= 15 is 0 Å². The number of aliphatic hydroxyl groups excluding tert-OH is 5. The number of nitrogens with one attached hydrogen (secondary N) is 3. The first-order valence-electron chi connectivity index (χ1n) is 32.4. The molecule has 0 radical (unpaired) electrons. The number of hydrogen-bond donors (Lipinski definition) is 9. The lowest BCUT2D eigenvalue weighted by atomic mass is 10.0. The van der Waals surface area contributed by atoms with Crippen LogP contribution in [0.1, 0.15) is 139 Å². The van der Waals surface area contributed by atoms with Crippen molar-refractivity contribution in [1.29, 1.82) is 0 Å². The van der Waals surface area contributed by atoms with Crippen LogP contribution in [0.4, 0.5) is 0 Å². The summed E-state index contributed by atoms with van der Waals surface area (Å²) in [7, 11) is 5.78. The van der Waals surface area contributed by atoms with Crippen LogP contribution in [0.2, 0.25) is 0 Å². The standard InChI is InChI=1S/C28H46N4O12.C16H30O5.C12H22O7.C7H16O4/c1-3-21(19-33)44-28(40-2)20-43-27(39)6-4-5-22(34)29-11-12-30-24(36)10-15-41-17-18-42-16-13-31-23(35)9-14-32-25(37)7-8-26(32)38;1-6-14(10-17)21-16(19-5)11-20-13(4)8-7-9-15(18)12(2)3;1-3-9(7-13)19-12(17-2)8-18-11(16)6-4-5-10(14)15;1-3-6(4-8)11-7(5-9)10-2/h7-8,21,28,33H,3-6,9-20H2,1-2H3,(H,29,34)(H,30,36)(H,31,35);12,14,16-17H,4,6-11H2,1-3,5H3;9,12-13H,3-8H2,1-2H3,(H,14,15);6-9H,3-5H2,1-2H3/i;12D;;. The molecule has 554 valence electrons. The van der Waals surface area contributed by atoms with E-state index in [0.717, 1.165) is 4.90 Å². The number of methoxy groups -OCH3 is 4. The summed E-state index contributed by atoms with van der Waals surface area (Å²) in [5, 5.41) is 61.0. The molecule has 0 saturated carbocycles. The average molecular weight is 1380 g/mol. The molecule has 0 saturated heterocycles. The molecule has 0 spiro atoms. The molecule has 0 aliphatic carbocycles.